The first-order valence-corrected chi connectivity index (χ1v) is 9.64. The molecule has 1 amide bonds. The molecule has 1 heterocycles. The molecule has 0 saturated heterocycles. The summed E-state index contributed by atoms with van der Waals surface area (Å²) in [5.74, 6) is -0.0771. The van der Waals surface area contributed by atoms with E-state index in [0.29, 0.717) is 11.3 Å². The van der Waals surface area contributed by atoms with Crippen molar-refractivity contribution in [2.45, 2.75) is 41.5 Å². The highest BCUT2D eigenvalue weighted by Gasteiger charge is 2.27. The molecule has 1 aliphatic heterocycles. The largest absolute Gasteiger partial charge is 0.352 e. The lowest BCUT2D eigenvalue weighted by molar-refractivity contribution is -0.120. The number of fused-ring (bicyclic) bond motifs is 2. The summed E-state index contributed by atoms with van der Waals surface area (Å²) in [6.45, 7) is 0. The Morgan fingerprint density at radius 2 is 2.12 bits per heavy atom. The number of carbonyl (C=O) groups excluding carboxylic acids is 1. The van der Waals surface area contributed by atoms with Crippen LogP contribution in [0.5, 0.6) is 0 Å². The van der Waals surface area contributed by atoms with Crippen molar-refractivity contribution in [3.8, 4) is 6.07 Å². The van der Waals surface area contributed by atoms with Gasteiger partial charge in [0.2, 0.25) is 5.91 Å². The maximum absolute atomic E-state index is 12.8. The molecule has 1 saturated carbocycles. The molecule has 26 heavy (non-hydrogen) atoms. The van der Waals surface area contributed by atoms with Crippen molar-refractivity contribution in [2.24, 2.45) is 11.7 Å². The highest BCUT2D eigenvalue weighted by molar-refractivity contribution is 7.99. The number of para-hydroxylation sites is 1. The number of nitrogens with one attached hydrogen (secondary N) is 2. The number of rotatable bonds is 2. The van der Waals surface area contributed by atoms with Gasteiger partial charge in [0, 0.05) is 21.8 Å². The Bertz CT molecular complexity index is 905. The van der Waals surface area contributed by atoms with Crippen molar-refractivity contribution in [1.29, 1.82) is 5.26 Å². The van der Waals surface area contributed by atoms with Crippen molar-refractivity contribution in [1.82, 2.24) is 0 Å². The zero-order valence-corrected chi connectivity index (χ0v) is 15.1. The van der Waals surface area contributed by atoms with Crippen LogP contribution in [0.25, 0.3) is 0 Å². The van der Waals surface area contributed by atoms with Gasteiger partial charge in [0.05, 0.1) is 28.7 Å². The number of hydrogen-bond donors (Lipinski definition) is 3. The van der Waals surface area contributed by atoms with Crippen LogP contribution in [0.4, 0.5) is 17.1 Å². The average molecular weight is 364 g/mol. The van der Waals surface area contributed by atoms with E-state index >= 15 is 0 Å². The molecule has 4 rings (SSSR count). The molecule has 0 aromatic heterocycles. The maximum Gasteiger partial charge on any atom is 0.227 e. The number of amides is 1. The second-order valence-electron chi connectivity index (χ2n) is 6.84. The fraction of sp³-hybridized carbons (Fsp3) is 0.300. The fourth-order valence-electron chi connectivity index (χ4n) is 3.60. The highest BCUT2D eigenvalue weighted by atomic mass is 32.2. The van der Waals surface area contributed by atoms with Crippen LogP contribution in [0.1, 0.15) is 31.2 Å². The predicted molar refractivity (Wildman–Crippen MR) is 104 cm³/mol. The monoisotopic (exact) mass is 364 g/mol. The SMILES string of the molecule is N#Cc1cc(NC(=O)C2CCCC(N)C2)c2c(c1)Sc1ccccc1N2. The van der Waals surface area contributed by atoms with Crippen LogP contribution in [0.2, 0.25) is 0 Å². The first-order valence-electron chi connectivity index (χ1n) is 8.82. The summed E-state index contributed by atoms with van der Waals surface area (Å²) in [7, 11) is 0. The quantitative estimate of drug-likeness (QED) is 0.633. The van der Waals surface area contributed by atoms with Crippen LogP contribution >= 0.6 is 11.8 Å². The molecule has 6 heteroatoms. The Kier molecular flexibility index (Phi) is 4.58. The van der Waals surface area contributed by atoms with Gasteiger partial charge in [-0.3, -0.25) is 4.79 Å². The van der Waals surface area contributed by atoms with Crippen molar-refractivity contribution in [3.05, 3.63) is 42.0 Å². The van der Waals surface area contributed by atoms with Gasteiger partial charge in [-0.1, -0.05) is 30.3 Å². The zero-order chi connectivity index (χ0) is 18.1. The van der Waals surface area contributed by atoms with Gasteiger partial charge in [-0.05, 0) is 43.5 Å². The molecule has 132 valence electrons. The van der Waals surface area contributed by atoms with Gasteiger partial charge in [0.15, 0.2) is 0 Å². The fourth-order valence-corrected chi connectivity index (χ4v) is 4.66. The summed E-state index contributed by atoms with van der Waals surface area (Å²) in [6, 6.07) is 13.9. The van der Waals surface area contributed by atoms with Crippen molar-refractivity contribution in [2.75, 3.05) is 10.6 Å². The third-order valence-corrected chi connectivity index (χ3v) is 6.06. The second kappa shape index (κ2) is 7.02. The molecule has 1 fully saturated rings. The van der Waals surface area contributed by atoms with E-state index in [1.165, 1.54) is 0 Å². The van der Waals surface area contributed by atoms with E-state index in [0.717, 1.165) is 46.8 Å². The Morgan fingerprint density at radius 1 is 1.27 bits per heavy atom. The van der Waals surface area contributed by atoms with Crippen LogP contribution < -0.4 is 16.4 Å². The van der Waals surface area contributed by atoms with E-state index in [9.17, 15) is 10.1 Å². The smallest absolute Gasteiger partial charge is 0.227 e. The molecule has 0 bridgehead atoms. The Hall–Kier alpha value is -2.49. The summed E-state index contributed by atoms with van der Waals surface area (Å²) in [4.78, 5) is 14.8. The summed E-state index contributed by atoms with van der Waals surface area (Å²) >= 11 is 1.60. The lowest BCUT2D eigenvalue weighted by Crippen LogP contribution is -2.34. The van der Waals surface area contributed by atoms with E-state index < -0.39 is 0 Å². The molecule has 4 N–H and O–H groups in total. The molecule has 0 spiro atoms. The third kappa shape index (κ3) is 3.28. The average Bonchev–Trinajstić information content (AvgIpc) is 2.66. The molecule has 2 aromatic carbocycles. The Morgan fingerprint density at radius 3 is 2.92 bits per heavy atom. The molecular formula is C20H20N4OS. The Labute approximate surface area is 157 Å². The van der Waals surface area contributed by atoms with E-state index in [2.05, 4.69) is 16.7 Å². The lowest BCUT2D eigenvalue weighted by atomic mass is 9.85. The van der Waals surface area contributed by atoms with Crippen molar-refractivity contribution < 1.29 is 4.79 Å². The van der Waals surface area contributed by atoms with Crippen LogP contribution in [-0.2, 0) is 4.79 Å². The van der Waals surface area contributed by atoms with E-state index in [-0.39, 0.29) is 17.9 Å². The van der Waals surface area contributed by atoms with Gasteiger partial charge in [0.1, 0.15) is 0 Å². The van der Waals surface area contributed by atoms with Crippen LogP contribution in [0, 0.1) is 17.2 Å². The topological polar surface area (TPSA) is 90.9 Å². The molecule has 2 atom stereocenters. The number of nitrogens with two attached hydrogens (primary N) is 1. The van der Waals surface area contributed by atoms with Gasteiger partial charge in [-0.25, -0.2) is 0 Å². The number of hydrogen-bond acceptors (Lipinski definition) is 5. The first-order chi connectivity index (χ1) is 12.6. The molecule has 5 nitrogen and oxygen atoms in total. The summed E-state index contributed by atoms with van der Waals surface area (Å²) in [6.07, 6.45) is 3.55. The number of benzene rings is 2. The first kappa shape index (κ1) is 17.0. The summed E-state index contributed by atoms with van der Waals surface area (Å²) < 4.78 is 0. The highest BCUT2D eigenvalue weighted by Crippen LogP contribution is 2.47. The second-order valence-corrected chi connectivity index (χ2v) is 7.93. The minimum absolute atomic E-state index is 0.0110. The zero-order valence-electron chi connectivity index (χ0n) is 14.3. The molecule has 0 radical (unpaired) electrons. The maximum atomic E-state index is 12.8. The summed E-state index contributed by atoms with van der Waals surface area (Å²) in [5.41, 5.74) is 9.07. The number of carbonyl (C=O) groups is 1. The van der Waals surface area contributed by atoms with Gasteiger partial charge >= 0.3 is 0 Å². The van der Waals surface area contributed by atoms with E-state index in [1.807, 2.05) is 30.3 Å². The Balaban J connectivity index is 1.64. The van der Waals surface area contributed by atoms with Crippen molar-refractivity contribution >= 4 is 34.7 Å². The molecular weight excluding hydrogens is 344 g/mol. The summed E-state index contributed by atoms with van der Waals surface area (Å²) in [5, 5.41) is 15.8. The number of anilines is 3. The lowest BCUT2D eigenvalue weighted by Gasteiger charge is -2.27. The number of nitriles is 1. The predicted octanol–water partition coefficient (Wildman–Crippen LogP) is 4.22. The molecule has 1 aliphatic carbocycles. The molecule has 2 unspecified atom stereocenters. The van der Waals surface area contributed by atoms with Gasteiger partial charge in [0.25, 0.3) is 0 Å². The van der Waals surface area contributed by atoms with Gasteiger partial charge in [-0.2, -0.15) is 5.26 Å². The van der Waals surface area contributed by atoms with Crippen molar-refractivity contribution in [3.63, 3.8) is 0 Å². The van der Waals surface area contributed by atoms with Crippen LogP contribution in [0.15, 0.2) is 46.2 Å². The standard InChI is InChI=1S/C20H20N4OS/c21-11-12-8-16(24-20(25)13-4-3-5-14(22)10-13)19-18(9-12)26-17-7-2-1-6-15(17)23-19/h1-2,6-9,13-14,23H,3-5,10,22H2,(H,24,25). The normalized spacial score (nSPS) is 20.9. The van der Waals surface area contributed by atoms with Crippen LogP contribution in [0.3, 0.4) is 0 Å². The van der Waals surface area contributed by atoms with Crippen LogP contribution in [-0.4, -0.2) is 11.9 Å². The minimum Gasteiger partial charge on any atom is -0.352 e. The third-order valence-electron chi connectivity index (χ3n) is 4.94. The van der Waals surface area contributed by atoms with Gasteiger partial charge < -0.3 is 16.4 Å². The number of nitrogens with zero attached hydrogens (tertiary/aromatic N) is 1. The molecule has 2 aliphatic rings. The minimum atomic E-state index is -0.0660. The van der Waals surface area contributed by atoms with Gasteiger partial charge in [-0.15, -0.1) is 0 Å². The van der Waals surface area contributed by atoms with E-state index in [1.54, 1.807) is 17.8 Å². The molecule has 2 aromatic rings. The van der Waals surface area contributed by atoms with E-state index in [4.69, 9.17) is 5.73 Å².